The lowest BCUT2D eigenvalue weighted by molar-refractivity contribution is 0.373. The summed E-state index contributed by atoms with van der Waals surface area (Å²) in [6, 6.07) is 4.17. The number of hydrogen-bond donors (Lipinski definition) is 1. The summed E-state index contributed by atoms with van der Waals surface area (Å²) < 4.78 is 41.5. The summed E-state index contributed by atoms with van der Waals surface area (Å²) in [4.78, 5) is 0. The Morgan fingerprint density at radius 3 is 2.67 bits per heavy atom. The zero-order valence-electron chi connectivity index (χ0n) is 14.2. The molecular formula is C18H17Cl2FN2O2S2. The van der Waals surface area contributed by atoms with Gasteiger partial charge in [0.05, 0.1) is 15.6 Å². The maximum atomic E-state index is 13.9. The first-order chi connectivity index (χ1) is 12.9. The Balaban J connectivity index is 1.84. The summed E-state index contributed by atoms with van der Waals surface area (Å²) in [5.41, 5.74) is 1.28. The molecule has 1 saturated heterocycles. The third-order valence-corrected chi connectivity index (χ3v) is 9.26. The Morgan fingerprint density at radius 2 is 2.00 bits per heavy atom. The van der Waals surface area contributed by atoms with Crippen molar-refractivity contribution in [3.63, 3.8) is 0 Å². The van der Waals surface area contributed by atoms with Gasteiger partial charge in [-0.25, -0.2) is 8.36 Å². The highest BCUT2D eigenvalue weighted by molar-refractivity contribution is 7.92. The molecule has 9 heteroatoms. The number of hydrogen-bond acceptors (Lipinski definition) is 4. The topological polar surface area (TPSA) is 51.1 Å². The van der Waals surface area contributed by atoms with Gasteiger partial charge in [-0.3, -0.25) is 0 Å². The lowest BCUT2D eigenvalue weighted by Gasteiger charge is -2.22. The zero-order valence-corrected chi connectivity index (χ0v) is 17.4. The largest absolute Gasteiger partial charge is 0.317 e. The fourth-order valence-electron chi connectivity index (χ4n) is 3.57. The third-order valence-electron chi connectivity index (χ3n) is 4.93. The molecule has 0 aliphatic carbocycles. The second-order valence-electron chi connectivity index (χ2n) is 6.70. The number of nitrogens with zero attached hydrogens (tertiary/aromatic N) is 1. The van der Waals surface area contributed by atoms with Crippen molar-refractivity contribution in [1.82, 2.24) is 9.29 Å². The van der Waals surface area contributed by atoms with Gasteiger partial charge in [0.15, 0.2) is 4.21 Å². The van der Waals surface area contributed by atoms with Crippen LogP contribution in [0.15, 0.2) is 34.0 Å². The molecule has 0 bridgehead atoms. The number of rotatable bonds is 4. The molecule has 4 rings (SSSR count). The van der Waals surface area contributed by atoms with Crippen molar-refractivity contribution in [2.24, 2.45) is 5.92 Å². The van der Waals surface area contributed by atoms with Crippen LogP contribution in [0.4, 0.5) is 4.39 Å². The minimum absolute atomic E-state index is 0.0104. The molecule has 0 atom stereocenters. The number of nitrogens with one attached hydrogen (secondary N) is 1. The fraction of sp³-hybridized carbons (Fsp3) is 0.333. The zero-order chi connectivity index (χ0) is 19.2. The van der Waals surface area contributed by atoms with Gasteiger partial charge in [0.2, 0.25) is 0 Å². The highest BCUT2D eigenvalue weighted by Crippen LogP contribution is 2.38. The summed E-state index contributed by atoms with van der Waals surface area (Å²) in [6.45, 7) is 1.89. The van der Waals surface area contributed by atoms with Crippen molar-refractivity contribution in [2.45, 2.75) is 23.5 Å². The molecule has 0 saturated carbocycles. The predicted molar refractivity (Wildman–Crippen MR) is 108 cm³/mol. The second kappa shape index (κ2) is 7.37. The van der Waals surface area contributed by atoms with Gasteiger partial charge < -0.3 is 5.32 Å². The summed E-state index contributed by atoms with van der Waals surface area (Å²) in [7, 11) is -3.92. The molecule has 27 heavy (non-hydrogen) atoms. The molecule has 0 radical (unpaired) electrons. The van der Waals surface area contributed by atoms with Gasteiger partial charge in [0.1, 0.15) is 5.82 Å². The maximum Gasteiger partial charge on any atom is 0.279 e. The van der Waals surface area contributed by atoms with Crippen LogP contribution in [0, 0.1) is 11.7 Å². The van der Waals surface area contributed by atoms with E-state index < -0.39 is 10.0 Å². The SMILES string of the molecule is O=S(=O)(c1scc(Cl)c1Cl)n1cc(CC2CCNCC2)c2cc(F)ccc21. The molecule has 144 valence electrons. The van der Waals surface area contributed by atoms with E-state index >= 15 is 0 Å². The Bertz CT molecular complexity index is 1100. The fourth-order valence-corrected chi connectivity index (χ4v) is 7.06. The van der Waals surface area contributed by atoms with Gasteiger partial charge in [0, 0.05) is 17.0 Å². The number of benzene rings is 1. The highest BCUT2D eigenvalue weighted by atomic mass is 35.5. The van der Waals surface area contributed by atoms with Crippen LogP contribution < -0.4 is 5.32 Å². The van der Waals surface area contributed by atoms with Crippen LogP contribution in [0.5, 0.6) is 0 Å². The van der Waals surface area contributed by atoms with Crippen LogP contribution in [0.1, 0.15) is 18.4 Å². The van der Waals surface area contributed by atoms with E-state index in [0.717, 1.165) is 42.8 Å². The van der Waals surface area contributed by atoms with Crippen molar-refractivity contribution < 1.29 is 12.8 Å². The van der Waals surface area contributed by atoms with Crippen LogP contribution >= 0.6 is 34.5 Å². The first-order valence-electron chi connectivity index (χ1n) is 8.56. The molecule has 0 unspecified atom stereocenters. The number of fused-ring (bicyclic) bond motifs is 1. The molecule has 1 aliphatic heterocycles. The molecule has 0 spiro atoms. The Labute approximate surface area is 170 Å². The molecule has 1 N–H and O–H groups in total. The molecule has 4 nitrogen and oxygen atoms in total. The monoisotopic (exact) mass is 446 g/mol. The molecule has 2 aromatic heterocycles. The summed E-state index contributed by atoms with van der Waals surface area (Å²) in [5.74, 6) is 0.0532. The van der Waals surface area contributed by atoms with E-state index in [9.17, 15) is 12.8 Å². The van der Waals surface area contributed by atoms with E-state index in [4.69, 9.17) is 23.2 Å². The molecule has 1 aliphatic rings. The average molecular weight is 447 g/mol. The Kier molecular flexibility index (Phi) is 5.24. The molecule has 3 aromatic rings. The standard InChI is InChI=1S/C18H17Cl2FN2O2S2/c19-15-10-26-18(17(15)20)27(24,25)23-9-12(7-11-3-5-22-6-4-11)14-8-13(21)1-2-16(14)23/h1-2,8-11,22H,3-7H2. The van der Waals surface area contributed by atoms with Crippen LogP contribution in [0.25, 0.3) is 10.9 Å². The summed E-state index contributed by atoms with van der Waals surface area (Å²) >= 11 is 13.0. The Hall–Kier alpha value is -1.12. The lowest BCUT2D eigenvalue weighted by atomic mass is 9.91. The van der Waals surface area contributed by atoms with Gasteiger partial charge >= 0.3 is 0 Å². The van der Waals surface area contributed by atoms with E-state index in [2.05, 4.69) is 5.32 Å². The van der Waals surface area contributed by atoms with E-state index in [-0.39, 0.29) is 20.1 Å². The van der Waals surface area contributed by atoms with Crippen molar-refractivity contribution >= 4 is 55.5 Å². The van der Waals surface area contributed by atoms with Crippen molar-refractivity contribution in [3.05, 3.63) is 51.2 Å². The lowest BCUT2D eigenvalue weighted by Crippen LogP contribution is -2.28. The molecule has 3 heterocycles. The minimum Gasteiger partial charge on any atom is -0.317 e. The number of halogens is 3. The van der Waals surface area contributed by atoms with Gasteiger partial charge in [-0.05, 0) is 62.0 Å². The highest BCUT2D eigenvalue weighted by Gasteiger charge is 2.27. The van der Waals surface area contributed by atoms with E-state index in [1.54, 1.807) is 6.20 Å². The van der Waals surface area contributed by atoms with Crippen LogP contribution in [0.2, 0.25) is 10.0 Å². The second-order valence-corrected chi connectivity index (χ2v) is 10.4. The van der Waals surface area contributed by atoms with E-state index in [1.807, 2.05) is 0 Å². The van der Waals surface area contributed by atoms with Crippen LogP contribution in [-0.2, 0) is 16.4 Å². The number of piperidine rings is 1. The van der Waals surface area contributed by atoms with Gasteiger partial charge in [-0.2, -0.15) is 8.42 Å². The van der Waals surface area contributed by atoms with E-state index in [1.165, 1.54) is 27.6 Å². The van der Waals surface area contributed by atoms with Gasteiger partial charge in [-0.15, -0.1) is 11.3 Å². The van der Waals surface area contributed by atoms with Crippen LogP contribution in [-0.4, -0.2) is 25.5 Å². The molecule has 0 amide bonds. The molecular weight excluding hydrogens is 430 g/mol. The summed E-state index contributed by atoms with van der Waals surface area (Å²) in [6.07, 6.45) is 4.34. The normalized spacial score (nSPS) is 16.3. The first-order valence-corrected chi connectivity index (χ1v) is 11.6. The minimum atomic E-state index is -3.92. The quantitative estimate of drug-likeness (QED) is 0.617. The third kappa shape index (κ3) is 3.51. The van der Waals surface area contributed by atoms with Crippen molar-refractivity contribution in [3.8, 4) is 0 Å². The first kappa shape index (κ1) is 19.2. The van der Waals surface area contributed by atoms with E-state index in [0.29, 0.717) is 23.2 Å². The maximum absolute atomic E-state index is 13.9. The number of aromatic nitrogens is 1. The van der Waals surface area contributed by atoms with Crippen molar-refractivity contribution in [1.29, 1.82) is 0 Å². The van der Waals surface area contributed by atoms with Crippen molar-refractivity contribution in [2.75, 3.05) is 13.1 Å². The average Bonchev–Trinajstić information content (AvgIpc) is 3.17. The van der Waals surface area contributed by atoms with Crippen LogP contribution in [0.3, 0.4) is 0 Å². The summed E-state index contributed by atoms with van der Waals surface area (Å²) in [5, 5.41) is 5.66. The predicted octanol–water partition coefficient (Wildman–Crippen LogP) is 4.93. The number of thiophene rings is 1. The molecule has 1 fully saturated rings. The smallest absolute Gasteiger partial charge is 0.279 e. The van der Waals surface area contributed by atoms with Gasteiger partial charge in [0.25, 0.3) is 10.0 Å². The van der Waals surface area contributed by atoms with Gasteiger partial charge in [-0.1, -0.05) is 23.2 Å². The Morgan fingerprint density at radius 1 is 1.26 bits per heavy atom. The molecule has 1 aromatic carbocycles.